The van der Waals surface area contributed by atoms with Gasteiger partial charge in [-0.1, -0.05) is 24.3 Å². The van der Waals surface area contributed by atoms with Gasteiger partial charge in [0.15, 0.2) is 0 Å². The van der Waals surface area contributed by atoms with Crippen LogP contribution < -0.4 is 16.0 Å². The molecule has 0 bridgehead atoms. The molecular formula is C22H20N4O3. The topological polar surface area (TPSA) is 100 Å². The standard InChI is InChI=1S/C22H20N4O3/c1-14-6-3-4-9-19(14)26-21(28)16-10-11-23-20(12-16)22(29)25-18-8-5-7-17(13-18)24-15(2)27/h3-13H,1-2H3,(H,24,27)(H,25,29)(H,26,28). The van der Waals surface area contributed by atoms with Crippen LogP contribution in [-0.2, 0) is 4.79 Å². The van der Waals surface area contributed by atoms with Gasteiger partial charge in [0.25, 0.3) is 11.8 Å². The second kappa shape index (κ2) is 8.79. The number of carbonyl (C=O) groups excluding carboxylic acids is 3. The van der Waals surface area contributed by atoms with Gasteiger partial charge in [-0.05, 0) is 48.9 Å². The maximum Gasteiger partial charge on any atom is 0.274 e. The van der Waals surface area contributed by atoms with E-state index in [1.54, 1.807) is 30.3 Å². The fraction of sp³-hybridized carbons (Fsp3) is 0.0909. The quantitative estimate of drug-likeness (QED) is 0.618. The van der Waals surface area contributed by atoms with Gasteiger partial charge in [0.05, 0.1) is 0 Å². The van der Waals surface area contributed by atoms with Crippen LogP contribution in [0.4, 0.5) is 17.1 Å². The van der Waals surface area contributed by atoms with E-state index in [-0.39, 0.29) is 17.5 Å². The minimum atomic E-state index is -0.462. The van der Waals surface area contributed by atoms with Crippen molar-refractivity contribution < 1.29 is 14.4 Å². The Labute approximate surface area is 168 Å². The number of para-hydroxylation sites is 1. The number of hydrogen-bond donors (Lipinski definition) is 3. The Morgan fingerprint density at radius 2 is 1.52 bits per heavy atom. The number of pyridine rings is 1. The van der Waals surface area contributed by atoms with Crippen molar-refractivity contribution in [1.29, 1.82) is 0 Å². The molecule has 146 valence electrons. The van der Waals surface area contributed by atoms with Crippen LogP contribution >= 0.6 is 0 Å². The molecule has 7 nitrogen and oxygen atoms in total. The average molecular weight is 388 g/mol. The van der Waals surface area contributed by atoms with E-state index >= 15 is 0 Å². The summed E-state index contributed by atoms with van der Waals surface area (Å²) in [6, 6.07) is 17.2. The first-order chi connectivity index (χ1) is 13.9. The van der Waals surface area contributed by atoms with Gasteiger partial charge in [-0.3, -0.25) is 19.4 Å². The van der Waals surface area contributed by atoms with Gasteiger partial charge >= 0.3 is 0 Å². The summed E-state index contributed by atoms with van der Waals surface area (Å²) in [6.07, 6.45) is 1.41. The summed E-state index contributed by atoms with van der Waals surface area (Å²) in [5, 5.41) is 8.19. The third-order valence-corrected chi connectivity index (χ3v) is 4.09. The fourth-order valence-corrected chi connectivity index (χ4v) is 2.68. The minimum Gasteiger partial charge on any atom is -0.326 e. The number of aryl methyl sites for hydroxylation is 1. The highest BCUT2D eigenvalue weighted by molar-refractivity contribution is 6.08. The van der Waals surface area contributed by atoms with Gasteiger partial charge in [-0.25, -0.2) is 0 Å². The average Bonchev–Trinajstić information content (AvgIpc) is 2.69. The van der Waals surface area contributed by atoms with Crippen LogP contribution in [0.3, 0.4) is 0 Å². The molecule has 0 aliphatic rings. The first-order valence-electron chi connectivity index (χ1n) is 8.94. The lowest BCUT2D eigenvalue weighted by Gasteiger charge is -2.10. The predicted molar refractivity (Wildman–Crippen MR) is 112 cm³/mol. The summed E-state index contributed by atoms with van der Waals surface area (Å²) < 4.78 is 0. The Bertz CT molecular complexity index is 1080. The van der Waals surface area contributed by atoms with Crippen molar-refractivity contribution in [3.8, 4) is 0 Å². The van der Waals surface area contributed by atoms with E-state index in [1.165, 1.54) is 19.2 Å². The zero-order valence-electron chi connectivity index (χ0n) is 16.0. The van der Waals surface area contributed by atoms with Crippen molar-refractivity contribution in [1.82, 2.24) is 4.98 Å². The van der Waals surface area contributed by atoms with E-state index in [2.05, 4.69) is 20.9 Å². The molecule has 3 rings (SSSR count). The SMILES string of the molecule is CC(=O)Nc1cccc(NC(=O)c2cc(C(=O)Nc3ccccc3C)ccn2)c1. The lowest BCUT2D eigenvalue weighted by atomic mass is 10.1. The monoisotopic (exact) mass is 388 g/mol. The number of carbonyl (C=O) groups is 3. The number of amides is 3. The maximum atomic E-state index is 12.5. The Kier molecular flexibility index (Phi) is 5.99. The Balaban J connectivity index is 1.73. The zero-order chi connectivity index (χ0) is 20.8. The summed E-state index contributed by atoms with van der Waals surface area (Å²) >= 11 is 0. The Hall–Kier alpha value is -4.00. The number of anilines is 3. The lowest BCUT2D eigenvalue weighted by molar-refractivity contribution is -0.114. The Morgan fingerprint density at radius 3 is 2.24 bits per heavy atom. The van der Waals surface area contributed by atoms with E-state index in [0.29, 0.717) is 22.6 Å². The molecule has 0 aliphatic carbocycles. The molecule has 0 spiro atoms. The molecule has 0 saturated heterocycles. The molecule has 1 aromatic heterocycles. The van der Waals surface area contributed by atoms with E-state index in [9.17, 15) is 14.4 Å². The molecule has 0 aliphatic heterocycles. The molecular weight excluding hydrogens is 368 g/mol. The third kappa shape index (κ3) is 5.26. The van der Waals surface area contributed by atoms with Gasteiger partial charge in [-0.2, -0.15) is 0 Å². The van der Waals surface area contributed by atoms with Gasteiger partial charge in [0.1, 0.15) is 5.69 Å². The van der Waals surface area contributed by atoms with Crippen molar-refractivity contribution in [3.63, 3.8) is 0 Å². The number of rotatable bonds is 5. The van der Waals surface area contributed by atoms with Crippen LogP contribution in [-0.4, -0.2) is 22.7 Å². The highest BCUT2D eigenvalue weighted by Crippen LogP contribution is 2.17. The van der Waals surface area contributed by atoms with Crippen molar-refractivity contribution in [2.45, 2.75) is 13.8 Å². The molecule has 3 N–H and O–H groups in total. The zero-order valence-corrected chi connectivity index (χ0v) is 16.0. The van der Waals surface area contributed by atoms with E-state index in [1.807, 2.05) is 31.2 Å². The first kappa shape index (κ1) is 19.8. The molecule has 7 heteroatoms. The van der Waals surface area contributed by atoms with E-state index in [0.717, 1.165) is 5.56 Å². The molecule has 3 aromatic rings. The smallest absolute Gasteiger partial charge is 0.274 e. The molecule has 3 amide bonds. The maximum absolute atomic E-state index is 12.5. The molecule has 0 atom stereocenters. The second-order valence-corrected chi connectivity index (χ2v) is 6.41. The molecule has 29 heavy (non-hydrogen) atoms. The van der Waals surface area contributed by atoms with Gasteiger partial charge in [0, 0.05) is 35.7 Å². The molecule has 0 saturated carbocycles. The molecule has 0 fully saturated rings. The van der Waals surface area contributed by atoms with Crippen LogP contribution in [0.15, 0.2) is 66.9 Å². The number of aromatic nitrogens is 1. The number of nitrogens with one attached hydrogen (secondary N) is 3. The van der Waals surface area contributed by atoms with Gasteiger partial charge in [-0.15, -0.1) is 0 Å². The third-order valence-electron chi connectivity index (χ3n) is 4.09. The predicted octanol–water partition coefficient (Wildman–Crippen LogP) is 3.85. The van der Waals surface area contributed by atoms with Crippen LogP contribution in [0, 0.1) is 6.92 Å². The Morgan fingerprint density at radius 1 is 0.793 bits per heavy atom. The van der Waals surface area contributed by atoms with Crippen LogP contribution in [0.1, 0.15) is 33.3 Å². The molecule has 0 unspecified atom stereocenters. The van der Waals surface area contributed by atoms with Crippen molar-refractivity contribution >= 4 is 34.8 Å². The van der Waals surface area contributed by atoms with Gasteiger partial charge in [0.2, 0.25) is 5.91 Å². The van der Waals surface area contributed by atoms with Crippen LogP contribution in [0.25, 0.3) is 0 Å². The van der Waals surface area contributed by atoms with Crippen molar-refractivity contribution in [2.24, 2.45) is 0 Å². The lowest BCUT2D eigenvalue weighted by Crippen LogP contribution is -2.17. The summed E-state index contributed by atoms with van der Waals surface area (Å²) in [4.78, 5) is 40.3. The summed E-state index contributed by atoms with van der Waals surface area (Å²) in [5.41, 5.74) is 3.13. The normalized spacial score (nSPS) is 10.1. The second-order valence-electron chi connectivity index (χ2n) is 6.41. The van der Waals surface area contributed by atoms with Crippen LogP contribution in [0.2, 0.25) is 0 Å². The molecule has 1 heterocycles. The highest BCUT2D eigenvalue weighted by atomic mass is 16.2. The van der Waals surface area contributed by atoms with E-state index in [4.69, 9.17) is 0 Å². The summed E-state index contributed by atoms with van der Waals surface area (Å²) in [6.45, 7) is 3.30. The number of nitrogens with zero attached hydrogens (tertiary/aromatic N) is 1. The van der Waals surface area contributed by atoms with Crippen LogP contribution in [0.5, 0.6) is 0 Å². The highest BCUT2D eigenvalue weighted by Gasteiger charge is 2.13. The molecule has 2 aromatic carbocycles. The summed E-state index contributed by atoms with van der Waals surface area (Å²) in [7, 11) is 0. The minimum absolute atomic E-state index is 0.104. The first-order valence-corrected chi connectivity index (χ1v) is 8.94. The van der Waals surface area contributed by atoms with Crippen molar-refractivity contribution in [2.75, 3.05) is 16.0 Å². The fourth-order valence-electron chi connectivity index (χ4n) is 2.68. The van der Waals surface area contributed by atoms with Crippen molar-refractivity contribution in [3.05, 3.63) is 83.7 Å². The van der Waals surface area contributed by atoms with E-state index < -0.39 is 5.91 Å². The number of benzene rings is 2. The summed E-state index contributed by atoms with van der Waals surface area (Å²) in [5.74, 6) is -0.999. The number of hydrogen-bond acceptors (Lipinski definition) is 4. The van der Waals surface area contributed by atoms with Gasteiger partial charge < -0.3 is 16.0 Å². The largest absolute Gasteiger partial charge is 0.326 e. The molecule has 0 radical (unpaired) electrons.